The second kappa shape index (κ2) is 4.09. The van der Waals surface area contributed by atoms with E-state index in [-0.39, 0.29) is 5.56 Å². The zero-order valence-corrected chi connectivity index (χ0v) is 9.03. The Morgan fingerprint density at radius 2 is 1.65 bits per heavy atom. The molecule has 0 heterocycles. The van der Waals surface area contributed by atoms with Crippen LogP contribution in [0.25, 0.3) is 0 Å². The average molecular weight is 252 g/mol. The molecule has 1 nitrogen and oxygen atoms in total. The first-order valence-electron chi connectivity index (χ1n) is 4.64. The molecule has 1 aromatic carbocycles. The van der Waals surface area contributed by atoms with Crippen molar-refractivity contribution in [1.29, 1.82) is 0 Å². The molecule has 0 saturated heterocycles. The smallest absolute Gasteiger partial charge is 0.287 e. The van der Waals surface area contributed by atoms with Gasteiger partial charge in [-0.2, -0.15) is 22.0 Å². The van der Waals surface area contributed by atoms with E-state index in [9.17, 15) is 26.7 Å². The molecule has 94 valence electrons. The fourth-order valence-electron chi connectivity index (χ4n) is 1.33. The number of aryl methyl sites for hydroxylation is 1. The van der Waals surface area contributed by atoms with Crippen molar-refractivity contribution in [2.24, 2.45) is 0 Å². The van der Waals surface area contributed by atoms with Crippen molar-refractivity contribution >= 4 is 5.78 Å². The van der Waals surface area contributed by atoms with Crippen LogP contribution in [-0.2, 0) is 6.18 Å². The maximum Gasteiger partial charge on any atom is 0.416 e. The van der Waals surface area contributed by atoms with Gasteiger partial charge in [0, 0.05) is 12.5 Å². The maximum atomic E-state index is 12.7. The molecule has 0 spiro atoms. The lowest BCUT2D eigenvalue weighted by Crippen LogP contribution is -2.25. The van der Waals surface area contributed by atoms with Gasteiger partial charge in [-0.25, -0.2) is 0 Å². The summed E-state index contributed by atoms with van der Waals surface area (Å²) in [6, 6.07) is 2.07. The topological polar surface area (TPSA) is 17.1 Å². The van der Waals surface area contributed by atoms with Crippen molar-refractivity contribution < 1.29 is 26.7 Å². The van der Waals surface area contributed by atoms with Crippen molar-refractivity contribution in [3.8, 4) is 0 Å². The third-order valence-corrected chi connectivity index (χ3v) is 2.20. The molecule has 0 unspecified atom stereocenters. The number of ketones is 1. The van der Waals surface area contributed by atoms with Crippen molar-refractivity contribution in [2.75, 3.05) is 0 Å². The van der Waals surface area contributed by atoms with Crippen molar-refractivity contribution in [1.82, 2.24) is 0 Å². The number of halogens is 5. The molecule has 17 heavy (non-hydrogen) atoms. The standard InChI is InChI=1S/C11H9F5O/c1-6-5-7(11(14,15)16)3-4-8(6)9(17)10(2,12)13/h3-5H,1-2H3. The first-order valence-corrected chi connectivity index (χ1v) is 4.64. The van der Waals surface area contributed by atoms with E-state index < -0.39 is 29.0 Å². The van der Waals surface area contributed by atoms with Gasteiger partial charge in [0.05, 0.1) is 5.56 Å². The second-order valence-corrected chi connectivity index (χ2v) is 3.74. The number of carbonyl (C=O) groups excluding carboxylic acids is 1. The molecule has 0 radical (unpaired) electrons. The van der Waals surface area contributed by atoms with Crippen LogP contribution in [0.2, 0.25) is 0 Å². The van der Waals surface area contributed by atoms with E-state index in [0.29, 0.717) is 19.1 Å². The van der Waals surface area contributed by atoms with E-state index >= 15 is 0 Å². The summed E-state index contributed by atoms with van der Waals surface area (Å²) in [4.78, 5) is 11.2. The minimum atomic E-state index is -4.55. The Balaban J connectivity index is 3.20. The lowest BCUT2D eigenvalue weighted by atomic mass is 9.99. The first kappa shape index (κ1) is 13.6. The highest BCUT2D eigenvalue weighted by Gasteiger charge is 2.36. The zero-order valence-electron chi connectivity index (χ0n) is 9.03. The number of rotatable bonds is 2. The Bertz CT molecular complexity index is 442. The Kier molecular flexibility index (Phi) is 3.27. The van der Waals surface area contributed by atoms with Crippen molar-refractivity contribution in [3.05, 3.63) is 34.9 Å². The molecule has 0 N–H and O–H groups in total. The van der Waals surface area contributed by atoms with Crippen LogP contribution in [-0.4, -0.2) is 11.7 Å². The highest BCUT2D eigenvalue weighted by atomic mass is 19.4. The summed E-state index contributed by atoms with van der Waals surface area (Å²) in [5.74, 6) is -5.08. The van der Waals surface area contributed by atoms with Gasteiger partial charge in [0.2, 0.25) is 5.78 Å². The van der Waals surface area contributed by atoms with E-state index in [1.807, 2.05) is 0 Å². The Morgan fingerprint density at radius 1 is 1.12 bits per heavy atom. The van der Waals surface area contributed by atoms with Crippen LogP contribution in [0.5, 0.6) is 0 Å². The Labute approximate surface area is 94.2 Å². The quantitative estimate of drug-likeness (QED) is 0.577. The van der Waals surface area contributed by atoms with Gasteiger partial charge in [-0.15, -0.1) is 0 Å². The molecule has 0 aromatic heterocycles. The molecule has 0 atom stereocenters. The predicted octanol–water partition coefficient (Wildman–Crippen LogP) is 3.85. The van der Waals surface area contributed by atoms with Gasteiger partial charge < -0.3 is 0 Å². The summed E-state index contributed by atoms with van der Waals surface area (Å²) in [7, 11) is 0. The number of hydrogen-bond donors (Lipinski definition) is 0. The van der Waals surface area contributed by atoms with Crippen molar-refractivity contribution in [3.63, 3.8) is 0 Å². The summed E-state index contributed by atoms with van der Waals surface area (Å²) >= 11 is 0. The molecular weight excluding hydrogens is 243 g/mol. The van der Waals surface area contributed by atoms with Crippen LogP contribution in [0.15, 0.2) is 18.2 Å². The third kappa shape index (κ3) is 3.01. The molecule has 0 saturated carbocycles. The van der Waals surface area contributed by atoms with Gasteiger partial charge in [-0.05, 0) is 24.6 Å². The van der Waals surface area contributed by atoms with E-state index in [0.717, 1.165) is 6.07 Å². The van der Waals surface area contributed by atoms with Crippen LogP contribution in [0.3, 0.4) is 0 Å². The minimum Gasteiger partial charge on any atom is -0.287 e. The van der Waals surface area contributed by atoms with E-state index in [1.165, 1.54) is 6.92 Å². The lowest BCUT2D eigenvalue weighted by molar-refractivity contribution is -0.137. The van der Waals surface area contributed by atoms with E-state index in [4.69, 9.17) is 0 Å². The number of hydrogen-bond acceptors (Lipinski definition) is 1. The number of benzene rings is 1. The van der Waals surface area contributed by atoms with Gasteiger partial charge in [-0.3, -0.25) is 4.79 Å². The molecule has 1 rings (SSSR count). The molecule has 0 amide bonds. The van der Waals surface area contributed by atoms with Gasteiger partial charge in [0.15, 0.2) is 0 Å². The molecule has 0 aliphatic carbocycles. The normalized spacial score (nSPS) is 12.6. The average Bonchev–Trinajstić information content (AvgIpc) is 2.13. The molecule has 0 bridgehead atoms. The number of Topliss-reactive ketones (excluding diaryl/α,β-unsaturated/α-hetero) is 1. The fourth-order valence-corrected chi connectivity index (χ4v) is 1.33. The van der Waals surface area contributed by atoms with Crippen LogP contribution in [0.1, 0.15) is 28.4 Å². The zero-order chi connectivity index (χ0) is 13.4. The SMILES string of the molecule is Cc1cc(C(F)(F)F)ccc1C(=O)C(C)(F)F. The van der Waals surface area contributed by atoms with Crippen LogP contribution in [0.4, 0.5) is 22.0 Å². The predicted molar refractivity (Wildman–Crippen MR) is 51.1 cm³/mol. The molecule has 0 aliphatic rings. The molecular formula is C11H9F5O. The fraction of sp³-hybridized carbons (Fsp3) is 0.364. The summed E-state index contributed by atoms with van der Waals surface area (Å²) in [6.45, 7) is 1.60. The van der Waals surface area contributed by atoms with Gasteiger partial charge in [-0.1, -0.05) is 6.07 Å². The molecule has 0 fully saturated rings. The summed E-state index contributed by atoms with van der Waals surface area (Å²) < 4.78 is 62.4. The summed E-state index contributed by atoms with van der Waals surface area (Å²) in [6.07, 6.45) is -4.55. The van der Waals surface area contributed by atoms with Crippen LogP contribution >= 0.6 is 0 Å². The summed E-state index contributed by atoms with van der Waals surface area (Å²) in [5, 5.41) is 0. The maximum absolute atomic E-state index is 12.7. The van der Waals surface area contributed by atoms with Gasteiger partial charge >= 0.3 is 12.1 Å². The van der Waals surface area contributed by atoms with Gasteiger partial charge in [0.1, 0.15) is 0 Å². The highest BCUT2D eigenvalue weighted by molar-refractivity contribution is 6.02. The lowest BCUT2D eigenvalue weighted by Gasteiger charge is -2.13. The van der Waals surface area contributed by atoms with Crippen LogP contribution in [0, 0.1) is 6.92 Å². The highest BCUT2D eigenvalue weighted by Crippen LogP contribution is 2.31. The van der Waals surface area contributed by atoms with Crippen molar-refractivity contribution in [2.45, 2.75) is 25.9 Å². The summed E-state index contributed by atoms with van der Waals surface area (Å²) in [5.41, 5.74) is -1.48. The largest absolute Gasteiger partial charge is 0.416 e. The molecule has 0 aliphatic heterocycles. The number of carbonyl (C=O) groups is 1. The van der Waals surface area contributed by atoms with E-state index in [1.54, 1.807) is 0 Å². The van der Waals surface area contributed by atoms with Crippen LogP contribution < -0.4 is 0 Å². The Morgan fingerprint density at radius 3 is 2.00 bits per heavy atom. The molecule has 6 heteroatoms. The third-order valence-electron chi connectivity index (χ3n) is 2.20. The molecule has 1 aromatic rings. The van der Waals surface area contributed by atoms with Gasteiger partial charge in [0.25, 0.3) is 0 Å². The number of alkyl halides is 5. The minimum absolute atomic E-state index is 0.119. The second-order valence-electron chi connectivity index (χ2n) is 3.74. The van der Waals surface area contributed by atoms with E-state index in [2.05, 4.69) is 0 Å². The monoisotopic (exact) mass is 252 g/mol. The first-order chi connectivity index (χ1) is 7.53. The Hall–Kier alpha value is -1.46.